The molecule has 2 aliphatic carbocycles. The van der Waals surface area contributed by atoms with Crippen molar-refractivity contribution in [1.29, 1.82) is 0 Å². The van der Waals surface area contributed by atoms with Gasteiger partial charge in [-0.2, -0.15) is 0 Å². The van der Waals surface area contributed by atoms with Crippen LogP contribution in [-0.4, -0.2) is 10.7 Å². The van der Waals surface area contributed by atoms with E-state index in [-0.39, 0.29) is 11.0 Å². The minimum atomic E-state index is -0.382. The van der Waals surface area contributed by atoms with Gasteiger partial charge in [-0.15, -0.1) is 0 Å². The number of hydrogen-bond donors (Lipinski definition) is 1. The molecule has 0 amide bonds. The van der Waals surface area contributed by atoms with E-state index < -0.39 is 0 Å². The molecule has 1 N–H and O–H groups in total. The Bertz CT molecular complexity index is 185. The van der Waals surface area contributed by atoms with Crippen LogP contribution in [0.25, 0.3) is 0 Å². The second-order valence-corrected chi connectivity index (χ2v) is 5.54. The topological polar surface area (TPSA) is 20.2 Å². The lowest BCUT2D eigenvalue weighted by molar-refractivity contribution is -0.0719. The summed E-state index contributed by atoms with van der Waals surface area (Å²) in [5, 5.41) is 10.5. The summed E-state index contributed by atoms with van der Waals surface area (Å²) in [6.45, 7) is 4.33. The molecule has 2 rings (SSSR count). The fraction of sp³-hybridized carbons (Fsp3) is 1.00. The van der Waals surface area contributed by atoms with Crippen molar-refractivity contribution < 1.29 is 5.11 Å². The molecule has 0 saturated heterocycles. The minimum absolute atomic E-state index is 0.259. The first-order valence-corrected chi connectivity index (χ1v) is 5.79. The molecule has 13 heavy (non-hydrogen) atoms. The van der Waals surface area contributed by atoms with Crippen molar-refractivity contribution in [2.75, 3.05) is 0 Å². The van der Waals surface area contributed by atoms with Crippen molar-refractivity contribution in [2.45, 2.75) is 64.4 Å². The summed E-state index contributed by atoms with van der Waals surface area (Å²) in [6, 6.07) is 0. The Hall–Kier alpha value is -0.0400. The molecule has 0 bridgehead atoms. The molecule has 1 heteroatoms. The first kappa shape index (κ1) is 9.51. The summed E-state index contributed by atoms with van der Waals surface area (Å²) in [6.07, 6.45) is 9.01. The molecule has 0 aliphatic heterocycles. The molecular weight excluding hydrogens is 160 g/mol. The number of rotatable bonds is 2. The van der Waals surface area contributed by atoms with Crippen LogP contribution in [0.15, 0.2) is 0 Å². The van der Waals surface area contributed by atoms with Gasteiger partial charge in [0.25, 0.3) is 0 Å². The van der Waals surface area contributed by atoms with E-state index in [1.165, 1.54) is 44.9 Å². The maximum absolute atomic E-state index is 10.5. The molecule has 2 fully saturated rings. The number of hydrogen-bond acceptors (Lipinski definition) is 1. The quantitative estimate of drug-likeness (QED) is 0.695. The molecule has 0 aromatic carbocycles. The van der Waals surface area contributed by atoms with E-state index in [4.69, 9.17) is 0 Å². The molecule has 2 aliphatic rings. The monoisotopic (exact) mass is 182 g/mol. The van der Waals surface area contributed by atoms with Crippen molar-refractivity contribution >= 4 is 0 Å². The molecule has 0 aromatic heterocycles. The van der Waals surface area contributed by atoms with Gasteiger partial charge in [0.2, 0.25) is 0 Å². The van der Waals surface area contributed by atoms with Gasteiger partial charge in [-0.3, -0.25) is 0 Å². The van der Waals surface area contributed by atoms with E-state index in [0.29, 0.717) is 5.92 Å². The molecule has 0 radical (unpaired) electrons. The van der Waals surface area contributed by atoms with Gasteiger partial charge < -0.3 is 5.11 Å². The van der Waals surface area contributed by atoms with E-state index in [9.17, 15) is 5.11 Å². The highest BCUT2D eigenvalue weighted by molar-refractivity contribution is 5.06. The van der Waals surface area contributed by atoms with Crippen molar-refractivity contribution in [3.05, 3.63) is 0 Å². The Labute approximate surface area is 81.5 Å². The van der Waals surface area contributed by atoms with E-state index in [0.717, 1.165) is 0 Å². The zero-order valence-corrected chi connectivity index (χ0v) is 8.97. The molecule has 0 aromatic rings. The van der Waals surface area contributed by atoms with E-state index in [2.05, 4.69) is 13.8 Å². The standard InChI is InChI=1S/C12H22O/c1-11(8-9-11)12(2,13)10-6-4-3-5-7-10/h10,13H,3-9H2,1-2H3. The van der Waals surface area contributed by atoms with Gasteiger partial charge in [0.1, 0.15) is 0 Å². The van der Waals surface area contributed by atoms with Gasteiger partial charge in [-0.05, 0) is 43.9 Å². The Morgan fingerprint density at radius 3 is 2.15 bits per heavy atom. The van der Waals surface area contributed by atoms with Crippen LogP contribution >= 0.6 is 0 Å². The highest BCUT2D eigenvalue weighted by Gasteiger charge is 2.55. The molecule has 76 valence electrons. The highest BCUT2D eigenvalue weighted by atomic mass is 16.3. The zero-order chi connectivity index (χ0) is 9.53. The molecule has 2 saturated carbocycles. The largest absolute Gasteiger partial charge is 0.389 e. The average molecular weight is 182 g/mol. The van der Waals surface area contributed by atoms with Crippen LogP contribution in [0, 0.1) is 11.3 Å². The highest BCUT2D eigenvalue weighted by Crippen LogP contribution is 2.58. The SMILES string of the molecule is CC1(C(C)(O)C2CCCCC2)CC1. The minimum Gasteiger partial charge on any atom is -0.389 e. The zero-order valence-electron chi connectivity index (χ0n) is 8.97. The molecule has 1 unspecified atom stereocenters. The Morgan fingerprint density at radius 1 is 1.15 bits per heavy atom. The van der Waals surface area contributed by atoms with Crippen LogP contribution in [0.4, 0.5) is 0 Å². The average Bonchev–Trinajstić information content (AvgIpc) is 2.87. The second kappa shape index (κ2) is 2.98. The lowest BCUT2D eigenvalue weighted by atomic mass is 9.70. The Morgan fingerprint density at radius 2 is 1.69 bits per heavy atom. The summed E-state index contributed by atoms with van der Waals surface area (Å²) in [5.74, 6) is 0.578. The summed E-state index contributed by atoms with van der Waals surface area (Å²) in [7, 11) is 0. The van der Waals surface area contributed by atoms with Crippen molar-refractivity contribution in [2.24, 2.45) is 11.3 Å². The Kier molecular flexibility index (Phi) is 2.18. The normalized spacial score (nSPS) is 32.5. The van der Waals surface area contributed by atoms with Crippen LogP contribution < -0.4 is 0 Å². The van der Waals surface area contributed by atoms with Gasteiger partial charge in [0, 0.05) is 0 Å². The third-order valence-electron chi connectivity index (χ3n) is 4.62. The van der Waals surface area contributed by atoms with Gasteiger partial charge in [-0.25, -0.2) is 0 Å². The van der Waals surface area contributed by atoms with Gasteiger partial charge in [0.05, 0.1) is 5.60 Å². The lowest BCUT2D eigenvalue weighted by Crippen LogP contribution is -2.43. The first-order chi connectivity index (χ1) is 6.06. The van der Waals surface area contributed by atoms with Crippen LogP contribution in [0.5, 0.6) is 0 Å². The third kappa shape index (κ3) is 1.52. The van der Waals surface area contributed by atoms with Crippen molar-refractivity contribution in [1.82, 2.24) is 0 Å². The smallest absolute Gasteiger partial charge is 0.0701 e. The summed E-state index contributed by atoms with van der Waals surface area (Å²) in [4.78, 5) is 0. The van der Waals surface area contributed by atoms with E-state index in [1.807, 2.05) is 0 Å². The van der Waals surface area contributed by atoms with Crippen LogP contribution in [0.3, 0.4) is 0 Å². The van der Waals surface area contributed by atoms with E-state index >= 15 is 0 Å². The molecule has 1 atom stereocenters. The van der Waals surface area contributed by atoms with Gasteiger partial charge in [-0.1, -0.05) is 26.2 Å². The Balaban J connectivity index is 2.04. The molecule has 0 spiro atoms. The fourth-order valence-electron chi connectivity index (χ4n) is 2.85. The van der Waals surface area contributed by atoms with Crippen LogP contribution in [0.1, 0.15) is 58.8 Å². The predicted molar refractivity (Wildman–Crippen MR) is 54.5 cm³/mol. The first-order valence-electron chi connectivity index (χ1n) is 5.79. The van der Waals surface area contributed by atoms with E-state index in [1.54, 1.807) is 0 Å². The van der Waals surface area contributed by atoms with Crippen molar-refractivity contribution in [3.8, 4) is 0 Å². The summed E-state index contributed by atoms with van der Waals surface area (Å²) < 4.78 is 0. The third-order valence-corrected chi connectivity index (χ3v) is 4.62. The molecule has 0 heterocycles. The maximum atomic E-state index is 10.5. The molecular formula is C12H22O. The van der Waals surface area contributed by atoms with Crippen LogP contribution in [-0.2, 0) is 0 Å². The van der Waals surface area contributed by atoms with Gasteiger partial charge in [0.15, 0.2) is 0 Å². The fourth-order valence-corrected chi connectivity index (χ4v) is 2.85. The maximum Gasteiger partial charge on any atom is 0.0701 e. The summed E-state index contributed by atoms with van der Waals surface area (Å²) >= 11 is 0. The molecule has 1 nitrogen and oxygen atoms in total. The second-order valence-electron chi connectivity index (χ2n) is 5.54. The summed E-state index contributed by atoms with van der Waals surface area (Å²) in [5.41, 5.74) is -0.123. The van der Waals surface area contributed by atoms with Crippen LogP contribution in [0.2, 0.25) is 0 Å². The van der Waals surface area contributed by atoms with Gasteiger partial charge >= 0.3 is 0 Å². The number of aliphatic hydroxyl groups is 1. The lowest BCUT2D eigenvalue weighted by Gasteiger charge is -2.40. The van der Waals surface area contributed by atoms with Crippen molar-refractivity contribution in [3.63, 3.8) is 0 Å². The predicted octanol–water partition coefficient (Wildman–Crippen LogP) is 3.12.